The number of hydrogen-bond acceptors (Lipinski definition) is 6. The van der Waals surface area contributed by atoms with Crippen molar-refractivity contribution < 1.29 is 19.8 Å². The average molecular weight is 453 g/mol. The number of β-amino-alcohol motifs (C(OH)–C–C–N with tert-alkyl or cyclic N) is 1. The van der Waals surface area contributed by atoms with Crippen LogP contribution in [0, 0.1) is 0 Å². The van der Waals surface area contributed by atoms with E-state index in [4.69, 9.17) is 11.6 Å². The molecular formula is C23H21ClN4O4. The fraction of sp³-hybridized carbons (Fsp3) is 0.304. The van der Waals surface area contributed by atoms with Gasteiger partial charge in [0.15, 0.2) is 5.65 Å². The van der Waals surface area contributed by atoms with Gasteiger partial charge in [-0.25, -0.2) is 9.97 Å². The number of pyridine rings is 2. The summed E-state index contributed by atoms with van der Waals surface area (Å²) in [4.78, 5) is 38.3. The Kier molecular flexibility index (Phi) is 5.28. The number of fused-ring (bicyclic) bond motifs is 2. The second kappa shape index (κ2) is 8.12. The highest BCUT2D eigenvalue weighted by atomic mass is 35.5. The van der Waals surface area contributed by atoms with Crippen LogP contribution in [0.15, 0.2) is 48.5 Å². The fourth-order valence-electron chi connectivity index (χ4n) is 4.40. The summed E-state index contributed by atoms with van der Waals surface area (Å²) in [7, 11) is 0. The number of aromatic nitrogens is 2. The molecule has 3 aromatic rings. The van der Waals surface area contributed by atoms with Crippen LogP contribution in [0.3, 0.4) is 0 Å². The average Bonchev–Trinajstić information content (AvgIpc) is 3.06. The number of aliphatic hydroxyl groups excluding tert-OH is 2. The number of anilines is 1. The van der Waals surface area contributed by atoms with Gasteiger partial charge in [-0.1, -0.05) is 29.8 Å². The van der Waals surface area contributed by atoms with E-state index < -0.39 is 18.2 Å². The number of likely N-dealkylation sites (tertiary alicyclic amines) is 1. The molecule has 0 saturated carbocycles. The van der Waals surface area contributed by atoms with Gasteiger partial charge in [-0.2, -0.15) is 0 Å². The third kappa shape index (κ3) is 3.60. The summed E-state index contributed by atoms with van der Waals surface area (Å²) in [5, 5.41) is 20.8. The topological polar surface area (TPSA) is 107 Å². The van der Waals surface area contributed by atoms with Crippen LogP contribution in [0.1, 0.15) is 34.8 Å². The molecule has 1 unspecified atom stereocenters. The van der Waals surface area contributed by atoms with Crippen LogP contribution < -0.4 is 4.90 Å². The van der Waals surface area contributed by atoms with E-state index in [0.29, 0.717) is 35.1 Å². The summed E-state index contributed by atoms with van der Waals surface area (Å²) in [6.45, 7) is 0.426. The zero-order valence-corrected chi connectivity index (χ0v) is 17.8. The molecule has 2 aliphatic heterocycles. The molecule has 0 radical (unpaired) electrons. The Morgan fingerprint density at radius 1 is 1.06 bits per heavy atom. The van der Waals surface area contributed by atoms with Gasteiger partial charge in [0.1, 0.15) is 11.0 Å². The second-order valence-electron chi connectivity index (χ2n) is 8.10. The molecule has 9 heteroatoms. The molecular weight excluding hydrogens is 432 g/mol. The zero-order valence-electron chi connectivity index (χ0n) is 17.1. The minimum atomic E-state index is -0.973. The van der Waals surface area contributed by atoms with Gasteiger partial charge in [0, 0.05) is 24.0 Å². The highest BCUT2D eigenvalue weighted by Crippen LogP contribution is 2.39. The van der Waals surface area contributed by atoms with Crippen molar-refractivity contribution in [3.05, 3.63) is 64.8 Å². The van der Waals surface area contributed by atoms with Gasteiger partial charge in [-0.05, 0) is 42.3 Å². The maximum absolute atomic E-state index is 13.3. The van der Waals surface area contributed by atoms with Crippen LogP contribution in [0.25, 0.3) is 11.0 Å². The highest BCUT2D eigenvalue weighted by molar-refractivity contribution is 6.29. The van der Waals surface area contributed by atoms with Crippen molar-refractivity contribution in [3.8, 4) is 0 Å². The fourth-order valence-corrected chi connectivity index (χ4v) is 4.54. The Bertz CT molecular complexity index is 1220. The first-order valence-corrected chi connectivity index (χ1v) is 10.8. The van der Waals surface area contributed by atoms with Crippen molar-refractivity contribution >= 4 is 40.3 Å². The maximum Gasteiger partial charge on any atom is 0.260 e. The minimum Gasteiger partial charge on any atom is -0.390 e. The number of carbonyl (C=O) groups is 2. The summed E-state index contributed by atoms with van der Waals surface area (Å²) < 4.78 is 0. The van der Waals surface area contributed by atoms with Crippen molar-refractivity contribution in [1.82, 2.24) is 14.9 Å². The largest absolute Gasteiger partial charge is 0.390 e. The molecule has 2 amide bonds. The predicted molar refractivity (Wildman–Crippen MR) is 118 cm³/mol. The SMILES string of the molecule is O=C(CC1c2ccccc2C(=O)N1c1ccc2ccc(Cl)nc2n1)N1CC[C@@H](O)[C@H](O)C1. The van der Waals surface area contributed by atoms with Gasteiger partial charge in [0.25, 0.3) is 5.91 Å². The number of hydrogen-bond donors (Lipinski definition) is 2. The summed E-state index contributed by atoms with van der Waals surface area (Å²) in [6, 6.07) is 13.7. The quantitative estimate of drug-likeness (QED) is 0.591. The Morgan fingerprint density at radius 3 is 2.66 bits per heavy atom. The molecule has 1 saturated heterocycles. The van der Waals surface area contributed by atoms with E-state index in [2.05, 4.69) is 9.97 Å². The van der Waals surface area contributed by atoms with Gasteiger partial charge >= 0.3 is 0 Å². The van der Waals surface area contributed by atoms with Crippen LogP contribution in [-0.4, -0.2) is 62.2 Å². The lowest BCUT2D eigenvalue weighted by Gasteiger charge is -2.34. The first-order valence-electron chi connectivity index (χ1n) is 10.4. The first kappa shape index (κ1) is 20.8. The van der Waals surface area contributed by atoms with Crippen molar-refractivity contribution in [2.75, 3.05) is 18.0 Å². The van der Waals surface area contributed by atoms with E-state index in [1.807, 2.05) is 18.2 Å². The summed E-state index contributed by atoms with van der Waals surface area (Å²) in [5.41, 5.74) is 1.70. The normalized spacial score (nSPS) is 23.0. The summed E-state index contributed by atoms with van der Waals surface area (Å²) in [6.07, 6.45) is -1.45. The third-order valence-corrected chi connectivity index (χ3v) is 6.31. The standard InChI is InChI=1S/C23H21ClN4O4/c24-19-7-5-13-6-8-20(26-22(13)25-19)28-16(14-3-1-2-4-15(14)23(28)32)11-21(31)27-10-9-17(29)18(30)12-27/h1-8,16-18,29-30H,9-12H2/t16?,17-,18-/m1/s1. The number of halogens is 1. The molecule has 5 rings (SSSR count). The molecule has 2 aromatic heterocycles. The van der Waals surface area contributed by atoms with Gasteiger partial charge in [0.2, 0.25) is 5.91 Å². The van der Waals surface area contributed by atoms with E-state index in [-0.39, 0.29) is 24.8 Å². The third-order valence-electron chi connectivity index (χ3n) is 6.10. The second-order valence-corrected chi connectivity index (χ2v) is 8.48. The molecule has 2 aliphatic rings. The first-order chi connectivity index (χ1) is 15.4. The summed E-state index contributed by atoms with van der Waals surface area (Å²) in [5.74, 6) is -0.0424. The van der Waals surface area contributed by atoms with Gasteiger partial charge in [-0.3, -0.25) is 14.5 Å². The Morgan fingerprint density at radius 2 is 1.84 bits per heavy atom. The van der Waals surface area contributed by atoms with Crippen molar-refractivity contribution in [2.24, 2.45) is 0 Å². The molecule has 32 heavy (non-hydrogen) atoms. The lowest BCUT2D eigenvalue weighted by Crippen LogP contribution is -2.49. The van der Waals surface area contributed by atoms with Gasteiger partial charge in [-0.15, -0.1) is 0 Å². The van der Waals surface area contributed by atoms with E-state index in [1.165, 1.54) is 9.80 Å². The smallest absolute Gasteiger partial charge is 0.260 e. The molecule has 0 bridgehead atoms. The van der Waals surface area contributed by atoms with Crippen LogP contribution >= 0.6 is 11.6 Å². The number of benzene rings is 1. The van der Waals surface area contributed by atoms with Crippen LogP contribution in [0.5, 0.6) is 0 Å². The van der Waals surface area contributed by atoms with E-state index in [1.54, 1.807) is 30.3 Å². The molecule has 0 aliphatic carbocycles. The number of nitrogens with zero attached hydrogens (tertiary/aromatic N) is 4. The van der Waals surface area contributed by atoms with Gasteiger partial charge in [0.05, 0.1) is 24.7 Å². The number of aliphatic hydroxyl groups is 2. The zero-order chi connectivity index (χ0) is 22.4. The van der Waals surface area contributed by atoms with Crippen molar-refractivity contribution in [2.45, 2.75) is 31.1 Å². The Hall–Kier alpha value is -3.07. The van der Waals surface area contributed by atoms with E-state index in [0.717, 1.165) is 10.9 Å². The van der Waals surface area contributed by atoms with Crippen molar-refractivity contribution in [1.29, 1.82) is 0 Å². The molecule has 1 aromatic carbocycles. The Labute approximate surface area is 189 Å². The molecule has 164 valence electrons. The molecule has 4 heterocycles. The number of piperidine rings is 1. The maximum atomic E-state index is 13.3. The molecule has 2 N–H and O–H groups in total. The van der Waals surface area contributed by atoms with Crippen LogP contribution in [0.4, 0.5) is 5.82 Å². The molecule has 8 nitrogen and oxygen atoms in total. The lowest BCUT2D eigenvalue weighted by molar-refractivity contribution is -0.138. The van der Waals surface area contributed by atoms with Crippen LogP contribution in [0.2, 0.25) is 5.15 Å². The lowest BCUT2D eigenvalue weighted by atomic mass is 10.00. The number of carbonyl (C=O) groups excluding carboxylic acids is 2. The minimum absolute atomic E-state index is 0.0360. The highest BCUT2D eigenvalue weighted by Gasteiger charge is 2.40. The number of amides is 2. The molecule has 0 spiro atoms. The predicted octanol–water partition coefficient (Wildman–Crippen LogP) is 2.33. The monoisotopic (exact) mass is 452 g/mol. The van der Waals surface area contributed by atoms with Crippen molar-refractivity contribution in [3.63, 3.8) is 0 Å². The van der Waals surface area contributed by atoms with Crippen LogP contribution in [-0.2, 0) is 4.79 Å². The number of rotatable bonds is 3. The molecule has 3 atom stereocenters. The molecule has 1 fully saturated rings. The van der Waals surface area contributed by atoms with Gasteiger partial charge < -0.3 is 15.1 Å². The Balaban J connectivity index is 1.50. The van der Waals surface area contributed by atoms with E-state index in [9.17, 15) is 19.8 Å². The summed E-state index contributed by atoms with van der Waals surface area (Å²) >= 11 is 6.02. The van der Waals surface area contributed by atoms with E-state index >= 15 is 0 Å².